The van der Waals surface area contributed by atoms with Gasteiger partial charge in [0.15, 0.2) is 0 Å². The molecule has 1 aliphatic heterocycles. The molecule has 1 saturated carbocycles. The summed E-state index contributed by atoms with van der Waals surface area (Å²) >= 11 is 0. The Kier molecular flexibility index (Phi) is 9.26. The van der Waals surface area contributed by atoms with Crippen LogP contribution in [0.2, 0.25) is 0 Å². The van der Waals surface area contributed by atoms with Crippen LogP contribution in [0.15, 0.2) is 61.3 Å². The molecule has 0 atom stereocenters. The molecule has 0 spiro atoms. The molecule has 4 aromatic rings. The first-order valence-electron chi connectivity index (χ1n) is 15.5. The van der Waals surface area contributed by atoms with Crippen molar-refractivity contribution in [2.75, 3.05) is 35.3 Å². The standard InChI is InChI=1S/C32H35F3N10O3/c1-31(47)18-44(19-31)27-25(32(33,34)35)17-38-28(43-27)42-22-7-9-24(10-8-22)45(30(46)41-16-23-5-3-4-12-36-23)26-11-6-20(13-37-26)21-14-39-29(48-2)40-15-21/h3-6,11-15,17,22,24,47H,7-10,16,18-19H2,1-2H3,(H,41,46)(H,38,42,43)/t22-,24-. The summed E-state index contributed by atoms with van der Waals surface area (Å²) in [5.74, 6) is 0.286. The van der Waals surface area contributed by atoms with E-state index in [1.807, 2.05) is 18.2 Å². The van der Waals surface area contributed by atoms with Gasteiger partial charge in [-0.15, -0.1) is 0 Å². The lowest BCUT2D eigenvalue weighted by molar-refractivity contribution is -0.137. The summed E-state index contributed by atoms with van der Waals surface area (Å²) < 4.78 is 46.2. The molecule has 13 nitrogen and oxygen atoms in total. The molecule has 2 fully saturated rings. The number of aliphatic hydroxyl groups is 1. The van der Waals surface area contributed by atoms with Crippen LogP contribution in [0, 0.1) is 0 Å². The van der Waals surface area contributed by atoms with Gasteiger partial charge in [0.05, 0.1) is 24.9 Å². The number of nitrogens with one attached hydrogen (secondary N) is 2. The average Bonchev–Trinajstić information content (AvgIpc) is 3.07. The lowest BCUT2D eigenvalue weighted by atomic mass is 9.90. The van der Waals surface area contributed by atoms with Crippen molar-refractivity contribution in [3.63, 3.8) is 0 Å². The number of carbonyl (C=O) groups excluding carboxylic acids is 1. The Morgan fingerprint density at radius 2 is 1.73 bits per heavy atom. The van der Waals surface area contributed by atoms with Crippen molar-refractivity contribution in [2.45, 2.75) is 63.0 Å². The van der Waals surface area contributed by atoms with E-state index in [4.69, 9.17) is 4.74 Å². The molecule has 6 rings (SSSR count). The third-order valence-electron chi connectivity index (χ3n) is 8.34. The fourth-order valence-corrected chi connectivity index (χ4v) is 5.95. The minimum atomic E-state index is -4.64. The summed E-state index contributed by atoms with van der Waals surface area (Å²) in [6.07, 6.45) is 5.11. The molecule has 1 aliphatic carbocycles. The Labute approximate surface area is 274 Å². The number of aromatic nitrogens is 6. The molecule has 0 bridgehead atoms. The highest BCUT2D eigenvalue weighted by atomic mass is 19.4. The van der Waals surface area contributed by atoms with Gasteiger partial charge in [-0.05, 0) is 56.9 Å². The van der Waals surface area contributed by atoms with Crippen LogP contribution in [0.5, 0.6) is 6.01 Å². The van der Waals surface area contributed by atoms with Crippen LogP contribution in [0.25, 0.3) is 11.1 Å². The molecule has 2 amide bonds. The number of alkyl halides is 3. The lowest BCUT2D eigenvalue weighted by Crippen LogP contribution is -2.60. The smallest absolute Gasteiger partial charge is 0.421 e. The first kappa shape index (κ1) is 32.8. The van der Waals surface area contributed by atoms with Crippen LogP contribution >= 0.6 is 0 Å². The molecule has 1 saturated heterocycles. The van der Waals surface area contributed by atoms with E-state index in [1.54, 1.807) is 48.7 Å². The van der Waals surface area contributed by atoms with E-state index in [2.05, 4.69) is 40.5 Å². The Hall–Kier alpha value is -5.12. The summed E-state index contributed by atoms with van der Waals surface area (Å²) in [4.78, 5) is 42.1. The number of hydrogen-bond donors (Lipinski definition) is 3. The Morgan fingerprint density at radius 1 is 1.00 bits per heavy atom. The van der Waals surface area contributed by atoms with Gasteiger partial charge in [-0.2, -0.15) is 18.2 Å². The fraction of sp³-hybridized carbons (Fsp3) is 0.406. The van der Waals surface area contributed by atoms with Gasteiger partial charge in [0, 0.05) is 67.3 Å². The number of hydrogen-bond acceptors (Lipinski definition) is 11. The Morgan fingerprint density at radius 3 is 2.33 bits per heavy atom. The van der Waals surface area contributed by atoms with Crippen LogP contribution in [0.4, 0.5) is 35.5 Å². The number of anilines is 3. The summed E-state index contributed by atoms with van der Waals surface area (Å²) in [6.45, 7) is 1.88. The van der Waals surface area contributed by atoms with E-state index >= 15 is 0 Å². The predicted molar refractivity (Wildman–Crippen MR) is 170 cm³/mol. The zero-order chi connectivity index (χ0) is 33.9. The topological polar surface area (TPSA) is 154 Å². The number of nitrogens with zero attached hydrogens (tertiary/aromatic N) is 8. The minimum Gasteiger partial charge on any atom is -0.467 e. The van der Waals surface area contributed by atoms with E-state index in [1.165, 1.54) is 12.0 Å². The van der Waals surface area contributed by atoms with Gasteiger partial charge in [0.1, 0.15) is 17.2 Å². The molecule has 0 unspecified atom stereocenters. The lowest BCUT2D eigenvalue weighted by Gasteiger charge is -2.45. The van der Waals surface area contributed by atoms with Gasteiger partial charge in [-0.25, -0.2) is 24.7 Å². The number of ether oxygens (including phenoxy) is 1. The second kappa shape index (κ2) is 13.5. The molecule has 0 radical (unpaired) electrons. The first-order chi connectivity index (χ1) is 23.0. The molecule has 5 heterocycles. The van der Waals surface area contributed by atoms with Crippen molar-refractivity contribution in [2.24, 2.45) is 0 Å². The molecular weight excluding hydrogens is 629 g/mol. The monoisotopic (exact) mass is 664 g/mol. The van der Waals surface area contributed by atoms with Gasteiger partial charge < -0.3 is 25.4 Å². The summed E-state index contributed by atoms with van der Waals surface area (Å²) in [7, 11) is 1.49. The highest BCUT2D eigenvalue weighted by Crippen LogP contribution is 2.39. The number of urea groups is 1. The predicted octanol–water partition coefficient (Wildman–Crippen LogP) is 4.46. The maximum Gasteiger partial charge on any atom is 0.421 e. The highest BCUT2D eigenvalue weighted by molar-refractivity contribution is 5.91. The van der Waals surface area contributed by atoms with E-state index in [0.717, 1.165) is 17.3 Å². The van der Waals surface area contributed by atoms with Crippen LogP contribution in [-0.2, 0) is 12.7 Å². The molecule has 3 N–H and O–H groups in total. The SMILES string of the molecule is COc1ncc(-c2ccc(N(C(=O)NCc3ccccn3)[C@H]3CC[C@H](Nc4ncc(C(F)(F)F)c(N5CC(C)(O)C5)n4)CC3)nc2)cn1. The van der Waals surface area contributed by atoms with E-state index in [9.17, 15) is 23.1 Å². The molecule has 4 aromatic heterocycles. The average molecular weight is 665 g/mol. The fourth-order valence-electron chi connectivity index (χ4n) is 5.95. The molecular formula is C32H35F3N10O3. The van der Waals surface area contributed by atoms with E-state index < -0.39 is 17.3 Å². The number of halogens is 3. The summed E-state index contributed by atoms with van der Waals surface area (Å²) in [6, 6.07) is 8.67. The van der Waals surface area contributed by atoms with Crippen molar-refractivity contribution in [1.82, 2.24) is 35.2 Å². The summed E-state index contributed by atoms with van der Waals surface area (Å²) in [5.41, 5.74) is 0.188. The van der Waals surface area contributed by atoms with Gasteiger partial charge >= 0.3 is 18.2 Å². The maximum atomic E-state index is 13.7. The molecule has 48 heavy (non-hydrogen) atoms. The second-order valence-electron chi connectivity index (χ2n) is 12.1. The number of rotatable bonds is 9. The summed E-state index contributed by atoms with van der Waals surface area (Å²) in [5, 5.41) is 16.3. The minimum absolute atomic E-state index is 0.0404. The zero-order valence-corrected chi connectivity index (χ0v) is 26.4. The van der Waals surface area contributed by atoms with Crippen LogP contribution < -0.4 is 25.2 Å². The van der Waals surface area contributed by atoms with Gasteiger partial charge in [0.25, 0.3) is 0 Å². The van der Waals surface area contributed by atoms with Gasteiger partial charge in [-0.1, -0.05) is 6.07 Å². The molecule has 252 valence electrons. The zero-order valence-electron chi connectivity index (χ0n) is 26.4. The van der Waals surface area contributed by atoms with Crippen molar-refractivity contribution in [1.29, 1.82) is 0 Å². The molecule has 2 aliphatic rings. The molecule has 0 aromatic carbocycles. The third kappa shape index (κ3) is 7.54. The molecule has 16 heteroatoms. The second-order valence-corrected chi connectivity index (χ2v) is 12.1. The number of amides is 2. The maximum absolute atomic E-state index is 13.7. The van der Waals surface area contributed by atoms with Crippen molar-refractivity contribution in [3.05, 3.63) is 72.6 Å². The van der Waals surface area contributed by atoms with E-state index in [0.29, 0.717) is 37.2 Å². The van der Waals surface area contributed by atoms with Crippen LogP contribution in [-0.4, -0.2) is 78.9 Å². The normalized spacial score (nSPS) is 18.8. The van der Waals surface area contributed by atoms with Crippen molar-refractivity contribution < 1.29 is 27.8 Å². The quantitative estimate of drug-likeness (QED) is 0.232. The largest absolute Gasteiger partial charge is 0.467 e. The van der Waals surface area contributed by atoms with E-state index in [-0.39, 0.29) is 55.5 Å². The first-order valence-corrected chi connectivity index (χ1v) is 15.5. The van der Waals surface area contributed by atoms with Crippen LogP contribution in [0.1, 0.15) is 43.9 Å². The van der Waals surface area contributed by atoms with Gasteiger partial charge in [-0.3, -0.25) is 9.88 Å². The number of β-amino-alcohol motifs (C(OH)–C–C–N with tert-alkyl or cyclic N) is 1. The Balaban J connectivity index is 1.16. The highest BCUT2D eigenvalue weighted by Gasteiger charge is 2.43. The third-order valence-corrected chi connectivity index (χ3v) is 8.34. The Bertz CT molecular complexity index is 1690. The number of carbonyl (C=O) groups is 1. The van der Waals surface area contributed by atoms with Crippen molar-refractivity contribution >= 4 is 23.6 Å². The van der Waals surface area contributed by atoms with Crippen LogP contribution in [0.3, 0.4) is 0 Å². The van der Waals surface area contributed by atoms with Crippen molar-refractivity contribution in [3.8, 4) is 17.1 Å². The number of methoxy groups -OCH3 is 1. The number of pyridine rings is 2. The van der Waals surface area contributed by atoms with Gasteiger partial charge in [0.2, 0.25) is 5.95 Å².